The minimum Gasteiger partial charge on any atom is -0.509 e. The third-order valence-electron chi connectivity index (χ3n) is 2.60. The average Bonchev–Trinajstić information content (AvgIpc) is 2.21. The third kappa shape index (κ3) is 9.57. The van der Waals surface area contributed by atoms with Crippen molar-refractivity contribution in [2.75, 3.05) is 0 Å². The molecule has 0 aliphatic rings. The van der Waals surface area contributed by atoms with E-state index in [4.69, 9.17) is 5.11 Å². The fourth-order valence-electron chi connectivity index (χ4n) is 1.71. The van der Waals surface area contributed by atoms with E-state index < -0.39 is 0 Å². The first-order valence-electron chi connectivity index (χ1n) is 6.30. The summed E-state index contributed by atoms with van der Waals surface area (Å²) in [4.78, 5) is 0. The van der Waals surface area contributed by atoms with E-state index in [0.29, 0.717) is 5.92 Å². The van der Waals surface area contributed by atoms with E-state index >= 15 is 0 Å². The molecule has 0 heterocycles. The Morgan fingerprint density at radius 3 is 2.50 bits per heavy atom. The van der Waals surface area contributed by atoms with Crippen molar-refractivity contribution in [1.29, 1.82) is 0 Å². The minimum absolute atomic E-state index is 0.114. The van der Waals surface area contributed by atoms with E-state index in [1.807, 2.05) is 6.08 Å². The summed E-state index contributed by atoms with van der Waals surface area (Å²) in [6.45, 7) is 9.96. The normalized spacial score (nSPS) is 14.3. The molecule has 16 heavy (non-hydrogen) atoms. The lowest BCUT2D eigenvalue weighted by atomic mass is 10.00. The van der Waals surface area contributed by atoms with E-state index in [0.717, 1.165) is 0 Å². The number of allylic oxidation sites excluding steroid dienone is 4. The molecule has 0 amide bonds. The van der Waals surface area contributed by atoms with Crippen molar-refractivity contribution >= 4 is 0 Å². The Labute approximate surface area is 101 Å². The molecule has 0 radical (unpaired) electrons. The topological polar surface area (TPSA) is 20.2 Å². The molecule has 0 rings (SSSR count). The van der Waals surface area contributed by atoms with Gasteiger partial charge < -0.3 is 5.11 Å². The number of aliphatic hydroxyl groups is 1. The van der Waals surface area contributed by atoms with Crippen LogP contribution in [-0.4, -0.2) is 5.11 Å². The number of rotatable bonds is 8. The van der Waals surface area contributed by atoms with E-state index in [1.165, 1.54) is 37.7 Å². The van der Waals surface area contributed by atoms with Crippen LogP contribution in [0.3, 0.4) is 0 Å². The van der Waals surface area contributed by atoms with E-state index in [9.17, 15) is 0 Å². The molecule has 0 fully saturated rings. The first-order chi connectivity index (χ1) is 7.56. The maximum atomic E-state index is 8.93. The van der Waals surface area contributed by atoms with Crippen LogP contribution in [0.2, 0.25) is 0 Å². The van der Waals surface area contributed by atoms with Crippen molar-refractivity contribution in [1.82, 2.24) is 0 Å². The van der Waals surface area contributed by atoms with Crippen molar-refractivity contribution < 1.29 is 5.11 Å². The van der Waals surface area contributed by atoms with Gasteiger partial charge in [0.2, 0.25) is 0 Å². The minimum atomic E-state index is 0.114. The summed E-state index contributed by atoms with van der Waals surface area (Å²) in [6.07, 6.45) is 12.4. The molecule has 0 bridgehead atoms. The van der Waals surface area contributed by atoms with Gasteiger partial charge in [-0.15, -0.1) is 0 Å². The van der Waals surface area contributed by atoms with Crippen LogP contribution in [-0.2, 0) is 0 Å². The predicted molar refractivity (Wildman–Crippen MR) is 72.6 cm³/mol. The molecule has 0 aromatic carbocycles. The Morgan fingerprint density at radius 1 is 1.25 bits per heavy atom. The highest BCUT2D eigenvalue weighted by Gasteiger charge is 1.98. The van der Waals surface area contributed by atoms with Crippen molar-refractivity contribution in [3.63, 3.8) is 0 Å². The second-order valence-corrected chi connectivity index (χ2v) is 4.56. The van der Waals surface area contributed by atoms with Gasteiger partial charge in [-0.25, -0.2) is 0 Å². The molecule has 0 spiro atoms. The number of hydrogen-bond acceptors (Lipinski definition) is 1. The van der Waals surface area contributed by atoms with Crippen LogP contribution in [0.15, 0.2) is 36.1 Å². The van der Waals surface area contributed by atoms with Crippen LogP contribution < -0.4 is 0 Å². The fourth-order valence-corrected chi connectivity index (χ4v) is 1.71. The molecule has 0 aliphatic carbocycles. The van der Waals surface area contributed by atoms with Crippen LogP contribution in [0.25, 0.3) is 0 Å². The highest BCUT2D eigenvalue weighted by atomic mass is 16.3. The van der Waals surface area contributed by atoms with Gasteiger partial charge in [0.1, 0.15) is 5.76 Å². The van der Waals surface area contributed by atoms with Gasteiger partial charge >= 0.3 is 0 Å². The summed E-state index contributed by atoms with van der Waals surface area (Å²) in [7, 11) is 0. The zero-order chi connectivity index (χ0) is 12.4. The third-order valence-corrected chi connectivity index (χ3v) is 2.60. The smallest absolute Gasteiger partial charge is 0.108 e. The van der Waals surface area contributed by atoms with Gasteiger partial charge in [-0.3, -0.25) is 0 Å². The second kappa shape index (κ2) is 9.26. The Balaban J connectivity index is 3.86. The van der Waals surface area contributed by atoms with Crippen LogP contribution in [0.4, 0.5) is 0 Å². The molecular formula is C15H26O. The summed E-state index contributed by atoms with van der Waals surface area (Å²) < 4.78 is 0. The molecule has 1 heteroatoms. The average molecular weight is 222 g/mol. The number of aliphatic hydroxyl groups excluding tert-OH is 1. The highest BCUT2D eigenvalue weighted by Crippen LogP contribution is 2.14. The predicted octanol–water partition coefficient (Wildman–Crippen LogP) is 5.17. The van der Waals surface area contributed by atoms with Crippen molar-refractivity contribution in [2.45, 2.75) is 52.9 Å². The van der Waals surface area contributed by atoms with Crippen LogP contribution in [0.5, 0.6) is 0 Å². The molecule has 1 N–H and O–H groups in total. The Hall–Kier alpha value is -0.980. The first-order valence-corrected chi connectivity index (χ1v) is 6.30. The van der Waals surface area contributed by atoms with Crippen LogP contribution >= 0.6 is 0 Å². The van der Waals surface area contributed by atoms with Gasteiger partial charge in [0.25, 0.3) is 0 Å². The molecule has 0 aliphatic heterocycles. The maximum Gasteiger partial charge on any atom is 0.108 e. The van der Waals surface area contributed by atoms with Gasteiger partial charge in [-0.2, -0.15) is 0 Å². The van der Waals surface area contributed by atoms with Gasteiger partial charge in [-0.1, -0.05) is 63.8 Å². The largest absolute Gasteiger partial charge is 0.509 e. The highest BCUT2D eigenvalue weighted by molar-refractivity contribution is 5.21. The summed E-state index contributed by atoms with van der Waals surface area (Å²) in [6, 6.07) is 0. The molecule has 1 nitrogen and oxygen atoms in total. The quantitative estimate of drug-likeness (QED) is 0.341. The Kier molecular flexibility index (Phi) is 8.69. The molecule has 0 saturated heterocycles. The van der Waals surface area contributed by atoms with Gasteiger partial charge in [0.15, 0.2) is 0 Å². The SMILES string of the molecule is C=C(O)/C=C/C(C)=C/[C@@H](C)CCCCCC. The van der Waals surface area contributed by atoms with E-state index in [1.54, 1.807) is 6.08 Å². The first kappa shape index (κ1) is 15.0. The van der Waals surface area contributed by atoms with Gasteiger partial charge in [0.05, 0.1) is 0 Å². The lowest BCUT2D eigenvalue weighted by Gasteiger charge is -2.06. The van der Waals surface area contributed by atoms with Crippen LogP contribution in [0, 0.1) is 5.92 Å². The summed E-state index contributed by atoms with van der Waals surface area (Å²) in [5.74, 6) is 0.733. The summed E-state index contributed by atoms with van der Waals surface area (Å²) in [5.41, 5.74) is 1.19. The Bertz CT molecular complexity index is 248. The van der Waals surface area contributed by atoms with Gasteiger partial charge in [-0.05, 0) is 25.3 Å². The molecule has 0 saturated carbocycles. The van der Waals surface area contributed by atoms with Gasteiger partial charge in [0, 0.05) is 0 Å². The molecular weight excluding hydrogens is 196 g/mol. The lowest BCUT2D eigenvalue weighted by molar-refractivity contribution is 0.435. The second-order valence-electron chi connectivity index (χ2n) is 4.56. The number of unbranched alkanes of at least 4 members (excludes halogenated alkanes) is 3. The molecule has 1 atom stereocenters. The molecule has 0 aromatic heterocycles. The van der Waals surface area contributed by atoms with Crippen molar-refractivity contribution in [2.24, 2.45) is 5.92 Å². The summed E-state index contributed by atoms with van der Waals surface area (Å²) >= 11 is 0. The molecule has 0 aromatic rings. The Morgan fingerprint density at radius 2 is 1.94 bits per heavy atom. The van der Waals surface area contributed by atoms with Crippen LogP contribution in [0.1, 0.15) is 52.9 Å². The molecule has 0 unspecified atom stereocenters. The fraction of sp³-hybridized carbons (Fsp3) is 0.600. The zero-order valence-electron chi connectivity index (χ0n) is 11.0. The standard InChI is InChI=1S/C15H26O/c1-5-6-7-8-9-13(2)12-14(3)10-11-15(4)16/h10-13,16H,4-9H2,1-3H3/b11-10+,14-12+/t13-/m0/s1. The monoisotopic (exact) mass is 222 g/mol. The maximum absolute atomic E-state index is 8.93. The van der Waals surface area contributed by atoms with E-state index in [-0.39, 0.29) is 5.76 Å². The van der Waals surface area contributed by atoms with E-state index in [2.05, 4.69) is 33.4 Å². The zero-order valence-corrected chi connectivity index (χ0v) is 11.0. The molecule has 92 valence electrons. The lowest BCUT2D eigenvalue weighted by Crippen LogP contribution is -1.91. The van der Waals surface area contributed by atoms with Crippen molar-refractivity contribution in [3.05, 3.63) is 36.1 Å². The van der Waals surface area contributed by atoms with Crippen molar-refractivity contribution in [3.8, 4) is 0 Å². The number of hydrogen-bond donors (Lipinski definition) is 1. The summed E-state index contributed by atoms with van der Waals surface area (Å²) in [5, 5.41) is 8.93.